The van der Waals surface area contributed by atoms with Gasteiger partial charge in [0.15, 0.2) is 0 Å². The van der Waals surface area contributed by atoms with Crippen molar-refractivity contribution in [2.75, 3.05) is 18.0 Å². The highest BCUT2D eigenvalue weighted by Gasteiger charge is 2.15. The molecule has 1 amide bonds. The molecule has 1 unspecified atom stereocenters. The highest BCUT2D eigenvalue weighted by molar-refractivity contribution is 9.10. The standard InChI is InChI=1S/C13H17BrN2OS/c14-11-5-4-9(7-12(11)15)13(17)16-8-10-3-1-2-6-18-10/h4-5,7,10H,1-3,6,8,15H2,(H,16,17). The van der Waals surface area contributed by atoms with Crippen molar-refractivity contribution in [2.45, 2.75) is 24.5 Å². The summed E-state index contributed by atoms with van der Waals surface area (Å²) in [5, 5.41) is 3.55. The normalized spacial score (nSPS) is 19.5. The fourth-order valence-corrected chi connectivity index (χ4v) is 3.45. The molecule has 0 bridgehead atoms. The third-order valence-corrected chi connectivity index (χ3v) is 5.14. The van der Waals surface area contributed by atoms with E-state index in [-0.39, 0.29) is 5.91 Å². The van der Waals surface area contributed by atoms with Crippen LogP contribution in [0.25, 0.3) is 0 Å². The topological polar surface area (TPSA) is 55.1 Å². The zero-order chi connectivity index (χ0) is 13.0. The number of thioether (sulfide) groups is 1. The summed E-state index contributed by atoms with van der Waals surface area (Å²) in [5.74, 6) is 1.17. The maximum atomic E-state index is 12.0. The lowest BCUT2D eigenvalue weighted by Gasteiger charge is -2.21. The van der Waals surface area contributed by atoms with Crippen LogP contribution in [0.3, 0.4) is 0 Å². The first kappa shape index (κ1) is 13.7. The minimum Gasteiger partial charge on any atom is -0.398 e. The monoisotopic (exact) mass is 328 g/mol. The van der Waals surface area contributed by atoms with Crippen LogP contribution in [0.1, 0.15) is 29.6 Å². The van der Waals surface area contributed by atoms with Gasteiger partial charge in [0.2, 0.25) is 0 Å². The predicted molar refractivity (Wildman–Crippen MR) is 81.0 cm³/mol. The van der Waals surface area contributed by atoms with Crippen LogP contribution in [0.2, 0.25) is 0 Å². The molecule has 2 rings (SSSR count). The van der Waals surface area contributed by atoms with Crippen molar-refractivity contribution in [3.8, 4) is 0 Å². The maximum absolute atomic E-state index is 12.0. The highest BCUT2D eigenvalue weighted by atomic mass is 79.9. The van der Waals surface area contributed by atoms with E-state index >= 15 is 0 Å². The summed E-state index contributed by atoms with van der Waals surface area (Å²) in [5.41, 5.74) is 6.98. The van der Waals surface area contributed by atoms with Crippen molar-refractivity contribution in [1.82, 2.24) is 5.32 Å². The van der Waals surface area contributed by atoms with Gasteiger partial charge in [-0.15, -0.1) is 0 Å². The Bertz CT molecular complexity index is 433. The zero-order valence-electron chi connectivity index (χ0n) is 10.1. The minimum absolute atomic E-state index is 0.0413. The highest BCUT2D eigenvalue weighted by Crippen LogP contribution is 2.24. The van der Waals surface area contributed by atoms with Crippen LogP contribution in [-0.4, -0.2) is 23.5 Å². The van der Waals surface area contributed by atoms with Crippen molar-refractivity contribution in [3.05, 3.63) is 28.2 Å². The Kier molecular flexibility index (Phi) is 4.95. The van der Waals surface area contributed by atoms with Gasteiger partial charge in [0.05, 0.1) is 0 Å². The SMILES string of the molecule is Nc1cc(C(=O)NCC2CCCCS2)ccc1Br. The number of nitrogen functional groups attached to an aromatic ring is 1. The number of nitrogens with two attached hydrogens (primary N) is 1. The molecular formula is C13H17BrN2OS. The Labute approximate surface area is 120 Å². The van der Waals surface area contributed by atoms with E-state index in [1.54, 1.807) is 18.2 Å². The largest absolute Gasteiger partial charge is 0.398 e. The van der Waals surface area contributed by atoms with Crippen LogP contribution in [-0.2, 0) is 0 Å². The van der Waals surface area contributed by atoms with Crippen LogP contribution >= 0.6 is 27.7 Å². The van der Waals surface area contributed by atoms with Gasteiger partial charge >= 0.3 is 0 Å². The van der Waals surface area contributed by atoms with E-state index in [0.717, 1.165) is 11.0 Å². The molecule has 1 heterocycles. The molecule has 0 saturated carbocycles. The summed E-state index contributed by atoms with van der Waals surface area (Å²) in [6.07, 6.45) is 3.78. The van der Waals surface area contributed by atoms with Crippen LogP contribution in [0.5, 0.6) is 0 Å². The molecule has 98 valence electrons. The molecule has 1 fully saturated rings. The van der Waals surface area contributed by atoms with Gasteiger partial charge in [0, 0.05) is 27.5 Å². The van der Waals surface area contributed by atoms with E-state index in [0.29, 0.717) is 16.5 Å². The summed E-state index contributed by atoms with van der Waals surface area (Å²) in [6.45, 7) is 0.749. The number of benzene rings is 1. The van der Waals surface area contributed by atoms with Crippen molar-refractivity contribution in [1.29, 1.82) is 0 Å². The first-order valence-electron chi connectivity index (χ1n) is 6.11. The van der Waals surface area contributed by atoms with Gasteiger partial charge < -0.3 is 11.1 Å². The molecule has 3 nitrogen and oxygen atoms in total. The van der Waals surface area contributed by atoms with E-state index in [9.17, 15) is 4.79 Å². The van der Waals surface area contributed by atoms with E-state index in [4.69, 9.17) is 5.73 Å². The Morgan fingerprint density at radius 3 is 3.00 bits per heavy atom. The molecule has 0 aromatic heterocycles. The third-order valence-electron chi connectivity index (χ3n) is 3.02. The quantitative estimate of drug-likeness (QED) is 0.838. The molecular weight excluding hydrogens is 312 g/mol. The number of amides is 1. The molecule has 1 saturated heterocycles. The van der Waals surface area contributed by atoms with E-state index < -0.39 is 0 Å². The molecule has 0 spiro atoms. The maximum Gasteiger partial charge on any atom is 0.251 e. The van der Waals surface area contributed by atoms with Gasteiger partial charge in [-0.25, -0.2) is 0 Å². The molecule has 0 aliphatic carbocycles. The fourth-order valence-electron chi connectivity index (χ4n) is 1.96. The lowest BCUT2D eigenvalue weighted by Crippen LogP contribution is -2.31. The van der Waals surface area contributed by atoms with Gasteiger partial charge in [-0.05, 0) is 52.7 Å². The first-order chi connectivity index (χ1) is 8.66. The van der Waals surface area contributed by atoms with Crippen molar-refractivity contribution < 1.29 is 4.79 Å². The molecule has 1 atom stereocenters. The molecule has 18 heavy (non-hydrogen) atoms. The van der Waals surface area contributed by atoms with Gasteiger partial charge in [-0.3, -0.25) is 4.79 Å². The van der Waals surface area contributed by atoms with Crippen molar-refractivity contribution in [3.63, 3.8) is 0 Å². The lowest BCUT2D eigenvalue weighted by atomic mass is 10.1. The van der Waals surface area contributed by atoms with Crippen LogP contribution in [0.15, 0.2) is 22.7 Å². The molecule has 1 aliphatic heterocycles. The molecule has 5 heteroatoms. The van der Waals surface area contributed by atoms with E-state index in [1.807, 2.05) is 11.8 Å². The molecule has 1 aromatic carbocycles. The average molecular weight is 329 g/mol. The number of hydrogen-bond acceptors (Lipinski definition) is 3. The Balaban J connectivity index is 1.88. The molecule has 0 radical (unpaired) electrons. The van der Waals surface area contributed by atoms with Gasteiger partial charge in [-0.1, -0.05) is 6.42 Å². The first-order valence-corrected chi connectivity index (χ1v) is 7.96. The second-order valence-electron chi connectivity index (χ2n) is 4.43. The smallest absolute Gasteiger partial charge is 0.251 e. The molecule has 1 aliphatic rings. The second kappa shape index (κ2) is 6.48. The number of anilines is 1. The zero-order valence-corrected chi connectivity index (χ0v) is 12.5. The number of carbonyl (C=O) groups excluding carboxylic acids is 1. The number of hydrogen-bond donors (Lipinski definition) is 2. The number of carbonyl (C=O) groups is 1. The summed E-state index contributed by atoms with van der Waals surface area (Å²) < 4.78 is 0.821. The minimum atomic E-state index is -0.0413. The summed E-state index contributed by atoms with van der Waals surface area (Å²) in [6, 6.07) is 5.29. The fraction of sp³-hybridized carbons (Fsp3) is 0.462. The van der Waals surface area contributed by atoms with Crippen molar-refractivity contribution >= 4 is 39.3 Å². The summed E-state index contributed by atoms with van der Waals surface area (Å²) in [7, 11) is 0. The lowest BCUT2D eigenvalue weighted by molar-refractivity contribution is 0.0953. The predicted octanol–water partition coefficient (Wildman–Crippen LogP) is 3.05. The molecule has 1 aromatic rings. The van der Waals surface area contributed by atoms with Crippen LogP contribution in [0, 0.1) is 0 Å². The number of nitrogens with one attached hydrogen (secondary N) is 1. The van der Waals surface area contributed by atoms with Gasteiger partial charge in [0.25, 0.3) is 5.91 Å². The average Bonchev–Trinajstić information content (AvgIpc) is 2.40. The van der Waals surface area contributed by atoms with Gasteiger partial charge in [0.1, 0.15) is 0 Å². The van der Waals surface area contributed by atoms with E-state index in [2.05, 4.69) is 21.2 Å². The van der Waals surface area contributed by atoms with Gasteiger partial charge in [-0.2, -0.15) is 11.8 Å². The number of rotatable bonds is 3. The summed E-state index contributed by atoms with van der Waals surface area (Å²) in [4.78, 5) is 12.0. The molecule has 3 N–H and O–H groups in total. The second-order valence-corrected chi connectivity index (χ2v) is 6.70. The third kappa shape index (κ3) is 3.65. The van der Waals surface area contributed by atoms with E-state index in [1.165, 1.54) is 25.0 Å². The Hall–Kier alpha value is -0.680. The number of halogens is 1. The van der Waals surface area contributed by atoms with Crippen LogP contribution < -0.4 is 11.1 Å². The Morgan fingerprint density at radius 2 is 2.33 bits per heavy atom. The van der Waals surface area contributed by atoms with Crippen LogP contribution in [0.4, 0.5) is 5.69 Å². The Morgan fingerprint density at radius 1 is 1.50 bits per heavy atom. The van der Waals surface area contributed by atoms with Crippen molar-refractivity contribution in [2.24, 2.45) is 0 Å². The summed E-state index contributed by atoms with van der Waals surface area (Å²) >= 11 is 5.28.